The molecule has 0 unspecified atom stereocenters. The first kappa shape index (κ1) is 14.8. The second-order valence-corrected chi connectivity index (χ2v) is 6.33. The summed E-state index contributed by atoms with van der Waals surface area (Å²) in [6.07, 6.45) is 0. The van der Waals surface area contributed by atoms with Crippen LogP contribution in [0.3, 0.4) is 0 Å². The molecular weight excluding hydrogens is 304 g/mol. The summed E-state index contributed by atoms with van der Waals surface area (Å²) in [6.45, 7) is 8.69. The average molecular weight is 324 g/mol. The van der Waals surface area contributed by atoms with Crippen LogP contribution < -0.4 is 10.2 Å². The van der Waals surface area contributed by atoms with E-state index in [4.69, 9.17) is 0 Å². The van der Waals surface area contributed by atoms with Crippen molar-refractivity contribution in [2.24, 2.45) is 5.92 Å². The van der Waals surface area contributed by atoms with Crippen LogP contribution in [0.1, 0.15) is 17.2 Å². The van der Waals surface area contributed by atoms with Gasteiger partial charge in [-0.05, 0) is 39.0 Å². The highest BCUT2D eigenvalue weighted by molar-refractivity contribution is 5.47. The molecule has 3 aromatic heterocycles. The lowest BCUT2D eigenvalue weighted by molar-refractivity contribution is 0.424. The highest BCUT2D eigenvalue weighted by atomic mass is 15.4. The normalized spacial score (nSPS) is 14.9. The number of hydrogen-bond donors (Lipinski definition) is 1. The van der Waals surface area contributed by atoms with E-state index < -0.39 is 0 Å². The molecule has 1 fully saturated rings. The van der Waals surface area contributed by atoms with Gasteiger partial charge in [0.15, 0.2) is 11.5 Å². The van der Waals surface area contributed by atoms with E-state index in [9.17, 15) is 0 Å². The molecule has 8 heteroatoms. The van der Waals surface area contributed by atoms with Gasteiger partial charge < -0.3 is 10.2 Å². The molecule has 0 spiro atoms. The molecule has 3 aromatic rings. The van der Waals surface area contributed by atoms with Crippen molar-refractivity contribution in [1.82, 2.24) is 29.8 Å². The predicted molar refractivity (Wildman–Crippen MR) is 91.2 cm³/mol. The topological polar surface area (TPSA) is 84.1 Å². The molecule has 24 heavy (non-hydrogen) atoms. The second kappa shape index (κ2) is 5.70. The third-order valence-electron chi connectivity index (χ3n) is 4.22. The molecule has 1 N–H and O–H groups in total. The third kappa shape index (κ3) is 2.75. The van der Waals surface area contributed by atoms with Crippen molar-refractivity contribution in [3.63, 3.8) is 0 Å². The lowest BCUT2D eigenvalue weighted by Gasteiger charge is -2.40. The Hall–Kier alpha value is -2.77. The molecule has 1 saturated heterocycles. The Morgan fingerprint density at radius 2 is 1.83 bits per heavy atom. The fourth-order valence-corrected chi connectivity index (χ4v) is 2.98. The average Bonchev–Trinajstić information content (AvgIpc) is 2.86. The van der Waals surface area contributed by atoms with Gasteiger partial charge in [-0.15, -0.1) is 15.3 Å². The van der Waals surface area contributed by atoms with Crippen molar-refractivity contribution in [2.45, 2.75) is 20.8 Å². The van der Waals surface area contributed by atoms with Crippen molar-refractivity contribution in [1.29, 1.82) is 0 Å². The summed E-state index contributed by atoms with van der Waals surface area (Å²) in [5.41, 5.74) is 2.76. The standard InChI is InChI=1S/C16H20N8/c1-10-6-11(2)19-16(18-10)17-7-13-8-23(9-13)15-5-4-14-21-20-12(3)24(14)22-15/h4-6,13H,7-9H2,1-3H3,(H,17,18,19). The highest BCUT2D eigenvalue weighted by Gasteiger charge is 2.28. The van der Waals surface area contributed by atoms with Crippen LogP contribution in [-0.4, -0.2) is 49.4 Å². The van der Waals surface area contributed by atoms with Crippen molar-refractivity contribution >= 4 is 17.4 Å². The van der Waals surface area contributed by atoms with Crippen LogP contribution in [0.5, 0.6) is 0 Å². The molecule has 4 rings (SSSR count). The molecular formula is C16H20N8. The van der Waals surface area contributed by atoms with Gasteiger partial charge in [0.2, 0.25) is 5.95 Å². The first-order valence-corrected chi connectivity index (χ1v) is 8.08. The Balaban J connectivity index is 1.36. The van der Waals surface area contributed by atoms with Gasteiger partial charge in [0.05, 0.1) is 0 Å². The number of rotatable bonds is 4. The predicted octanol–water partition coefficient (Wildman–Crippen LogP) is 1.39. The minimum atomic E-state index is 0.564. The minimum absolute atomic E-state index is 0.564. The number of aromatic nitrogens is 6. The monoisotopic (exact) mass is 324 g/mol. The molecule has 0 radical (unpaired) electrons. The van der Waals surface area contributed by atoms with E-state index in [1.807, 2.05) is 39.0 Å². The number of nitrogens with one attached hydrogen (secondary N) is 1. The van der Waals surface area contributed by atoms with Crippen LogP contribution in [0.4, 0.5) is 11.8 Å². The van der Waals surface area contributed by atoms with E-state index in [0.717, 1.165) is 48.3 Å². The van der Waals surface area contributed by atoms with E-state index in [-0.39, 0.29) is 0 Å². The number of fused-ring (bicyclic) bond motifs is 1. The SMILES string of the molecule is Cc1cc(C)nc(NCC2CN(c3ccc4nnc(C)n4n3)C2)n1. The summed E-state index contributed by atoms with van der Waals surface area (Å²) in [7, 11) is 0. The van der Waals surface area contributed by atoms with Crippen LogP contribution in [0.25, 0.3) is 5.65 Å². The van der Waals surface area contributed by atoms with E-state index in [1.54, 1.807) is 4.52 Å². The molecule has 0 aliphatic carbocycles. The molecule has 124 valence electrons. The van der Waals surface area contributed by atoms with E-state index in [0.29, 0.717) is 11.9 Å². The smallest absolute Gasteiger partial charge is 0.223 e. The van der Waals surface area contributed by atoms with Gasteiger partial charge in [-0.2, -0.15) is 4.52 Å². The number of aryl methyl sites for hydroxylation is 3. The fourth-order valence-electron chi connectivity index (χ4n) is 2.98. The van der Waals surface area contributed by atoms with Crippen molar-refractivity contribution in [2.75, 3.05) is 29.9 Å². The van der Waals surface area contributed by atoms with Crippen LogP contribution in [0.2, 0.25) is 0 Å². The maximum atomic E-state index is 4.61. The largest absolute Gasteiger partial charge is 0.354 e. The summed E-state index contributed by atoms with van der Waals surface area (Å²) in [5.74, 6) is 3.04. The van der Waals surface area contributed by atoms with Crippen molar-refractivity contribution in [3.8, 4) is 0 Å². The maximum absolute atomic E-state index is 4.61. The molecule has 1 aliphatic rings. The van der Waals surface area contributed by atoms with Crippen LogP contribution in [0, 0.1) is 26.7 Å². The maximum Gasteiger partial charge on any atom is 0.223 e. The molecule has 8 nitrogen and oxygen atoms in total. The quantitative estimate of drug-likeness (QED) is 0.776. The lowest BCUT2D eigenvalue weighted by Crippen LogP contribution is -2.50. The summed E-state index contributed by atoms with van der Waals surface area (Å²) >= 11 is 0. The second-order valence-electron chi connectivity index (χ2n) is 6.33. The number of anilines is 2. The third-order valence-corrected chi connectivity index (χ3v) is 4.22. The Labute approximate surface area is 140 Å². The van der Waals surface area contributed by atoms with Crippen LogP contribution in [0.15, 0.2) is 18.2 Å². The van der Waals surface area contributed by atoms with Gasteiger partial charge in [-0.25, -0.2) is 9.97 Å². The molecule has 0 saturated carbocycles. The Morgan fingerprint density at radius 3 is 2.58 bits per heavy atom. The van der Waals surface area contributed by atoms with Gasteiger partial charge in [0.25, 0.3) is 0 Å². The Kier molecular flexibility index (Phi) is 3.51. The first-order chi connectivity index (χ1) is 11.6. The summed E-state index contributed by atoms with van der Waals surface area (Å²) < 4.78 is 1.78. The molecule has 1 aliphatic heterocycles. The molecule has 0 bridgehead atoms. The van der Waals surface area contributed by atoms with Gasteiger partial charge in [-0.1, -0.05) is 0 Å². The molecule has 0 atom stereocenters. The minimum Gasteiger partial charge on any atom is -0.354 e. The number of nitrogens with zero attached hydrogens (tertiary/aromatic N) is 7. The summed E-state index contributed by atoms with van der Waals surface area (Å²) in [4.78, 5) is 11.1. The van der Waals surface area contributed by atoms with E-state index >= 15 is 0 Å². The Morgan fingerprint density at radius 1 is 1.08 bits per heavy atom. The fraction of sp³-hybridized carbons (Fsp3) is 0.438. The lowest BCUT2D eigenvalue weighted by atomic mass is 10.0. The zero-order valence-corrected chi connectivity index (χ0v) is 14.1. The zero-order chi connectivity index (χ0) is 16.7. The van der Waals surface area contributed by atoms with Crippen LogP contribution >= 0.6 is 0 Å². The first-order valence-electron chi connectivity index (χ1n) is 8.08. The number of hydrogen-bond acceptors (Lipinski definition) is 7. The zero-order valence-electron chi connectivity index (χ0n) is 14.1. The Bertz CT molecular complexity index is 861. The van der Waals surface area contributed by atoms with E-state index in [2.05, 4.69) is 35.5 Å². The van der Waals surface area contributed by atoms with Gasteiger partial charge in [0, 0.05) is 36.9 Å². The molecule has 0 amide bonds. The molecule has 4 heterocycles. The van der Waals surface area contributed by atoms with Crippen molar-refractivity contribution in [3.05, 3.63) is 35.4 Å². The molecule has 0 aromatic carbocycles. The summed E-state index contributed by atoms with van der Waals surface area (Å²) in [6, 6.07) is 5.93. The van der Waals surface area contributed by atoms with Crippen LogP contribution in [-0.2, 0) is 0 Å². The van der Waals surface area contributed by atoms with E-state index in [1.165, 1.54) is 0 Å². The summed E-state index contributed by atoms with van der Waals surface area (Å²) in [5, 5.41) is 16.0. The highest BCUT2D eigenvalue weighted by Crippen LogP contribution is 2.23. The van der Waals surface area contributed by atoms with Gasteiger partial charge >= 0.3 is 0 Å². The van der Waals surface area contributed by atoms with Gasteiger partial charge in [-0.3, -0.25) is 0 Å². The van der Waals surface area contributed by atoms with Crippen molar-refractivity contribution < 1.29 is 0 Å². The van der Waals surface area contributed by atoms with Gasteiger partial charge in [0.1, 0.15) is 5.82 Å².